The summed E-state index contributed by atoms with van der Waals surface area (Å²) in [5, 5.41) is 5.98. The molecule has 8 heteroatoms. The summed E-state index contributed by atoms with van der Waals surface area (Å²) in [6.45, 7) is 3.75. The molecule has 2 aliphatic rings. The molecule has 2 N–H and O–H groups in total. The fraction of sp³-hybridized carbons (Fsp3) is 0.562. The van der Waals surface area contributed by atoms with E-state index >= 15 is 0 Å². The SMILES string of the molecule is Cl.Cl.O=C(CC1COCCN1)Nc1c(F)cccc1N1CCCC1. The van der Waals surface area contributed by atoms with E-state index in [2.05, 4.69) is 15.5 Å². The number of rotatable bonds is 4. The van der Waals surface area contributed by atoms with Crippen LogP contribution in [0.2, 0.25) is 0 Å². The molecule has 1 aromatic rings. The Morgan fingerprint density at radius 1 is 1.33 bits per heavy atom. The second kappa shape index (κ2) is 10.0. The van der Waals surface area contributed by atoms with Crippen molar-refractivity contribution in [3.05, 3.63) is 24.0 Å². The first kappa shape index (κ1) is 21.0. The van der Waals surface area contributed by atoms with Gasteiger partial charge >= 0.3 is 0 Å². The molecule has 0 radical (unpaired) electrons. The normalized spacial score (nSPS) is 20.0. The molecule has 1 aromatic carbocycles. The molecule has 24 heavy (non-hydrogen) atoms. The molecule has 2 fully saturated rings. The molecule has 0 aliphatic carbocycles. The minimum absolute atomic E-state index is 0. The number of carbonyl (C=O) groups excluding carboxylic acids is 1. The Balaban J connectivity index is 0.00000144. The highest BCUT2D eigenvalue weighted by molar-refractivity contribution is 5.95. The van der Waals surface area contributed by atoms with Gasteiger partial charge < -0.3 is 20.3 Å². The monoisotopic (exact) mass is 379 g/mol. The highest BCUT2D eigenvalue weighted by Crippen LogP contribution is 2.31. The molecule has 0 bridgehead atoms. The van der Waals surface area contributed by atoms with Crippen molar-refractivity contribution in [2.75, 3.05) is 43.1 Å². The van der Waals surface area contributed by atoms with E-state index in [1.165, 1.54) is 6.07 Å². The fourth-order valence-corrected chi connectivity index (χ4v) is 3.02. The largest absolute Gasteiger partial charge is 0.378 e. The molecule has 0 spiro atoms. The van der Waals surface area contributed by atoms with E-state index in [1.807, 2.05) is 6.07 Å². The van der Waals surface area contributed by atoms with Crippen molar-refractivity contribution in [2.24, 2.45) is 0 Å². The predicted octanol–water partition coefficient (Wildman–Crippen LogP) is 2.59. The van der Waals surface area contributed by atoms with E-state index in [9.17, 15) is 9.18 Å². The quantitative estimate of drug-likeness (QED) is 0.843. The van der Waals surface area contributed by atoms with Crippen LogP contribution >= 0.6 is 24.8 Å². The number of nitrogens with zero attached hydrogens (tertiary/aromatic N) is 1. The maximum Gasteiger partial charge on any atom is 0.226 e. The highest BCUT2D eigenvalue weighted by Gasteiger charge is 2.22. The molecular weight excluding hydrogens is 356 g/mol. The van der Waals surface area contributed by atoms with E-state index in [0.29, 0.717) is 18.9 Å². The van der Waals surface area contributed by atoms with Gasteiger partial charge in [0.25, 0.3) is 0 Å². The summed E-state index contributed by atoms with van der Waals surface area (Å²) in [6, 6.07) is 4.94. The van der Waals surface area contributed by atoms with Gasteiger partial charge in [0.1, 0.15) is 11.5 Å². The lowest BCUT2D eigenvalue weighted by atomic mass is 10.1. The molecule has 1 amide bonds. The Morgan fingerprint density at radius 3 is 2.75 bits per heavy atom. The summed E-state index contributed by atoms with van der Waals surface area (Å²) in [7, 11) is 0. The summed E-state index contributed by atoms with van der Waals surface area (Å²) in [5.41, 5.74) is 1.07. The van der Waals surface area contributed by atoms with Gasteiger partial charge in [-0.3, -0.25) is 4.79 Å². The average molecular weight is 380 g/mol. The Kier molecular flexibility index (Phi) is 8.76. The third kappa shape index (κ3) is 5.21. The van der Waals surface area contributed by atoms with Gasteiger partial charge in [0, 0.05) is 32.1 Å². The number of benzene rings is 1. The molecule has 3 rings (SSSR count). The second-order valence-corrected chi connectivity index (χ2v) is 5.81. The minimum Gasteiger partial charge on any atom is -0.378 e. The number of hydrogen-bond acceptors (Lipinski definition) is 4. The van der Waals surface area contributed by atoms with E-state index < -0.39 is 0 Å². The number of morpholine rings is 1. The zero-order chi connectivity index (χ0) is 15.4. The standard InChI is InChI=1S/C16H22FN3O2.2ClH/c17-13-4-3-5-14(20-7-1-2-8-20)16(13)19-15(21)10-12-11-22-9-6-18-12;;/h3-5,12,18H,1-2,6-11H2,(H,19,21);2*1H. The van der Waals surface area contributed by atoms with E-state index in [-0.39, 0.29) is 49.0 Å². The van der Waals surface area contributed by atoms with Crippen LogP contribution in [-0.4, -0.2) is 44.8 Å². The Hall–Kier alpha value is -1.08. The van der Waals surface area contributed by atoms with Crippen molar-refractivity contribution in [2.45, 2.75) is 25.3 Å². The van der Waals surface area contributed by atoms with E-state index in [1.54, 1.807) is 6.07 Å². The maximum absolute atomic E-state index is 14.2. The first-order chi connectivity index (χ1) is 10.7. The van der Waals surface area contributed by atoms with Crippen LogP contribution in [0.1, 0.15) is 19.3 Å². The van der Waals surface area contributed by atoms with Crippen molar-refractivity contribution >= 4 is 42.1 Å². The second-order valence-electron chi connectivity index (χ2n) is 5.81. The lowest BCUT2D eigenvalue weighted by Gasteiger charge is -2.25. The predicted molar refractivity (Wildman–Crippen MR) is 98.2 cm³/mol. The van der Waals surface area contributed by atoms with Crippen molar-refractivity contribution < 1.29 is 13.9 Å². The summed E-state index contributed by atoms with van der Waals surface area (Å²) < 4.78 is 19.5. The first-order valence-corrected chi connectivity index (χ1v) is 7.88. The van der Waals surface area contributed by atoms with Crippen LogP contribution in [0.15, 0.2) is 18.2 Å². The van der Waals surface area contributed by atoms with Gasteiger partial charge in [0.15, 0.2) is 0 Å². The van der Waals surface area contributed by atoms with Gasteiger partial charge in [-0.1, -0.05) is 6.07 Å². The van der Waals surface area contributed by atoms with Crippen LogP contribution in [0, 0.1) is 5.82 Å². The number of hydrogen-bond donors (Lipinski definition) is 2. The van der Waals surface area contributed by atoms with Crippen molar-refractivity contribution in [3.8, 4) is 0 Å². The molecule has 1 atom stereocenters. The maximum atomic E-state index is 14.2. The van der Waals surface area contributed by atoms with Crippen molar-refractivity contribution in [1.82, 2.24) is 5.32 Å². The third-order valence-corrected chi connectivity index (χ3v) is 4.13. The van der Waals surface area contributed by atoms with E-state index in [0.717, 1.165) is 38.2 Å². The minimum atomic E-state index is -0.384. The molecule has 136 valence electrons. The lowest BCUT2D eigenvalue weighted by molar-refractivity contribution is -0.117. The Morgan fingerprint density at radius 2 is 2.08 bits per heavy atom. The van der Waals surface area contributed by atoms with Crippen LogP contribution in [0.25, 0.3) is 0 Å². The summed E-state index contributed by atoms with van der Waals surface area (Å²) >= 11 is 0. The number of ether oxygens (including phenoxy) is 1. The average Bonchev–Trinajstić information content (AvgIpc) is 3.04. The lowest BCUT2D eigenvalue weighted by Crippen LogP contribution is -2.43. The summed E-state index contributed by atoms with van der Waals surface area (Å²) in [6.07, 6.45) is 2.49. The first-order valence-electron chi connectivity index (χ1n) is 7.88. The van der Waals surface area contributed by atoms with Crippen molar-refractivity contribution in [1.29, 1.82) is 0 Å². The van der Waals surface area contributed by atoms with Gasteiger partial charge in [0.2, 0.25) is 5.91 Å². The van der Waals surface area contributed by atoms with E-state index in [4.69, 9.17) is 4.74 Å². The number of para-hydroxylation sites is 1. The van der Waals surface area contributed by atoms with Crippen molar-refractivity contribution in [3.63, 3.8) is 0 Å². The number of nitrogens with one attached hydrogen (secondary N) is 2. The van der Waals surface area contributed by atoms with Crippen LogP contribution in [0.5, 0.6) is 0 Å². The highest BCUT2D eigenvalue weighted by atomic mass is 35.5. The molecule has 0 aromatic heterocycles. The van der Waals surface area contributed by atoms with Gasteiger partial charge in [-0.15, -0.1) is 24.8 Å². The molecule has 5 nitrogen and oxygen atoms in total. The molecule has 1 unspecified atom stereocenters. The molecule has 2 saturated heterocycles. The topological polar surface area (TPSA) is 53.6 Å². The van der Waals surface area contributed by atoms with Crippen LogP contribution in [0.4, 0.5) is 15.8 Å². The van der Waals surface area contributed by atoms with Gasteiger partial charge in [-0.05, 0) is 25.0 Å². The number of carbonyl (C=O) groups is 1. The zero-order valence-corrected chi connectivity index (χ0v) is 15.1. The van der Waals surface area contributed by atoms with Gasteiger partial charge in [-0.25, -0.2) is 4.39 Å². The Labute approximate surface area is 154 Å². The van der Waals surface area contributed by atoms with Crippen LogP contribution < -0.4 is 15.5 Å². The Bertz CT molecular complexity index is 536. The third-order valence-electron chi connectivity index (χ3n) is 4.13. The number of halogens is 3. The molecular formula is C16H24Cl2FN3O2. The summed E-state index contributed by atoms with van der Waals surface area (Å²) in [5.74, 6) is -0.570. The molecule has 2 aliphatic heterocycles. The fourth-order valence-electron chi connectivity index (χ4n) is 3.02. The van der Waals surface area contributed by atoms with Gasteiger partial charge in [-0.2, -0.15) is 0 Å². The zero-order valence-electron chi connectivity index (χ0n) is 13.4. The number of anilines is 2. The number of amides is 1. The molecule has 0 saturated carbocycles. The summed E-state index contributed by atoms with van der Waals surface area (Å²) in [4.78, 5) is 14.3. The molecule has 2 heterocycles. The smallest absolute Gasteiger partial charge is 0.226 e. The van der Waals surface area contributed by atoms with Crippen LogP contribution in [0.3, 0.4) is 0 Å². The van der Waals surface area contributed by atoms with Gasteiger partial charge in [0.05, 0.1) is 18.9 Å². The van der Waals surface area contributed by atoms with Crippen LogP contribution in [-0.2, 0) is 9.53 Å².